The number of aromatic amines is 1. The standard InChI is InChI=1S/C27H30N4O4/c1-16-8-18(2-5-28-16)24-21-9-19-13-29-31-23(19)10-22(21)26(30-25(24)17-3-6-34-7-4-17)35-20-11-27(12-20,14-32)15-33/h2,5,8-10,13,17,20,32-33H,3-4,6-7,11-12,14-15H2,1H3,(H,29,31). The summed E-state index contributed by atoms with van der Waals surface area (Å²) in [7, 11) is 0. The Bertz CT molecular complexity index is 1370. The number of hydrogen-bond donors (Lipinski definition) is 3. The first-order valence-corrected chi connectivity index (χ1v) is 12.3. The Kier molecular flexibility index (Phi) is 5.67. The summed E-state index contributed by atoms with van der Waals surface area (Å²) in [5.41, 5.74) is 4.65. The van der Waals surface area contributed by atoms with Crippen molar-refractivity contribution in [1.29, 1.82) is 0 Å². The molecule has 0 atom stereocenters. The van der Waals surface area contributed by atoms with Crippen LogP contribution in [0.25, 0.3) is 32.8 Å². The lowest BCUT2D eigenvalue weighted by molar-refractivity contribution is -0.0820. The number of benzene rings is 1. The highest BCUT2D eigenvalue weighted by Gasteiger charge is 2.45. The predicted octanol–water partition coefficient (Wildman–Crippen LogP) is 3.89. The van der Waals surface area contributed by atoms with E-state index in [0.717, 1.165) is 57.0 Å². The van der Waals surface area contributed by atoms with Gasteiger partial charge >= 0.3 is 0 Å². The quantitative estimate of drug-likeness (QED) is 0.389. The Morgan fingerprint density at radius 1 is 1.11 bits per heavy atom. The Morgan fingerprint density at radius 3 is 2.66 bits per heavy atom. The van der Waals surface area contributed by atoms with E-state index in [4.69, 9.17) is 14.5 Å². The molecule has 1 saturated heterocycles. The first kappa shape index (κ1) is 22.4. The summed E-state index contributed by atoms with van der Waals surface area (Å²) >= 11 is 0. The number of rotatable bonds is 6. The highest BCUT2D eigenvalue weighted by molar-refractivity contribution is 6.06. The number of hydrogen-bond acceptors (Lipinski definition) is 7. The molecule has 182 valence electrons. The molecule has 1 aromatic carbocycles. The molecule has 8 nitrogen and oxygen atoms in total. The summed E-state index contributed by atoms with van der Waals surface area (Å²) in [6, 6.07) is 8.40. The zero-order valence-electron chi connectivity index (χ0n) is 19.8. The monoisotopic (exact) mass is 474 g/mol. The molecule has 6 rings (SSSR count). The van der Waals surface area contributed by atoms with E-state index in [1.807, 2.05) is 19.3 Å². The lowest BCUT2D eigenvalue weighted by atomic mass is 9.68. The summed E-state index contributed by atoms with van der Waals surface area (Å²) in [6.45, 7) is 3.35. The van der Waals surface area contributed by atoms with Crippen molar-refractivity contribution in [2.45, 2.75) is 44.6 Å². The molecule has 1 aliphatic carbocycles. The molecular formula is C27H30N4O4. The van der Waals surface area contributed by atoms with Crippen LogP contribution in [-0.2, 0) is 4.74 Å². The fraction of sp³-hybridized carbons (Fsp3) is 0.444. The number of aliphatic hydroxyl groups excluding tert-OH is 2. The molecule has 4 heterocycles. The number of nitrogens with zero attached hydrogens (tertiary/aromatic N) is 3. The van der Waals surface area contributed by atoms with Crippen molar-refractivity contribution < 1.29 is 19.7 Å². The molecule has 3 aromatic heterocycles. The van der Waals surface area contributed by atoms with E-state index in [1.54, 1.807) is 0 Å². The maximum absolute atomic E-state index is 9.73. The van der Waals surface area contributed by atoms with Gasteiger partial charge in [0.15, 0.2) is 0 Å². The van der Waals surface area contributed by atoms with Gasteiger partial charge in [-0.3, -0.25) is 10.1 Å². The van der Waals surface area contributed by atoms with Crippen LogP contribution < -0.4 is 4.74 Å². The molecular weight excluding hydrogens is 444 g/mol. The summed E-state index contributed by atoms with van der Waals surface area (Å²) in [5.74, 6) is 0.858. The first-order chi connectivity index (χ1) is 17.1. The average molecular weight is 475 g/mol. The highest BCUT2D eigenvalue weighted by Crippen LogP contribution is 2.46. The number of fused-ring (bicyclic) bond motifs is 2. The smallest absolute Gasteiger partial charge is 0.221 e. The van der Waals surface area contributed by atoms with E-state index in [2.05, 4.69) is 39.4 Å². The number of H-pyrrole nitrogens is 1. The van der Waals surface area contributed by atoms with Gasteiger partial charge in [0.05, 0.1) is 30.6 Å². The zero-order valence-corrected chi connectivity index (χ0v) is 19.8. The lowest BCUT2D eigenvalue weighted by Gasteiger charge is -2.44. The van der Waals surface area contributed by atoms with Gasteiger partial charge in [-0.2, -0.15) is 5.10 Å². The SMILES string of the molecule is Cc1cc(-c2c(C3CCOCC3)nc(OC3CC(CO)(CO)C3)c3cc4[nH]ncc4cc23)ccn1. The second-order valence-electron chi connectivity index (χ2n) is 10.1. The molecule has 8 heteroatoms. The largest absolute Gasteiger partial charge is 0.474 e. The van der Waals surface area contributed by atoms with E-state index in [1.165, 1.54) is 0 Å². The number of ether oxygens (including phenoxy) is 2. The highest BCUT2D eigenvalue weighted by atomic mass is 16.5. The van der Waals surface area contributed by atoms with Crippen molar-refractivity contribution in [3.63, 3.8) is 0 Å². The Balaban J connectivity index is 1.55. The maximum atomic E-state index is 9.73. The minimum Gasteiger partial charge on any atom is -0.474 e. The van der Waals surface area contributed by atoms with Crippen LogP contribution in [0.4, 0.5) is 0 Å². The number of pyridine rings is 2. The zero-order chi connectivity index (χ0) is 24.0. The summed E-state index contributed by atoms with van der Waals surface area (Å²) in [5, 5.41) is 29.8. The molecule has 0 bridgehead atoms. The van der Waals surface area contributed by atoms with Gasteiger partial charge in [-0.15, -0.1) is 0 Å². The molecule has 4 aromatic rings. The molecule has 0 amide bonds. The first-order valence-electron chi connectivity index (χ1n) is 12.3. The van der Waals surface area contributed by atoms with Crippen molar-refractivity contribution in [2.24, 2.45) is 5.41 Å². The van der Waals surface area contributed by atoms with Crippen LogP contribution in [0.1, 0.15) is 43.0 Å². The van der Waals surface area contributed by atoms with Crippen LogP contribution >= 0.6 is 0 Å². The number of aromatic nitrogens is 4. The molecule has 0 spiro atoms. The summed E-state index contributed by atoms with van der Waals surface area (Å²) < 4.78 is 12.1. The van der Waals surface area contributed by atoms with Crippen LogP contribution in [0.3, 0.4) is 0 Å². The van der Waals surface area contributed by atoms with Crippen LogP contribution in [-0.4, -0.2) is 62.9 Å². The van der Waals surface area contributed by atoms with Crippen molar-refractivity contribution in [3.05, 3.63) is 48.0 Å². The summed E-state index contributed by atoms with van der Waals surface area (Å²) in [6.07, 6.45) is 6.62. The normalized spacial score (nSPS) is 18.7. The van der Waals surface area contributed by atoms with E-state index < -0.39 is 5.41 Å². The summed E-state index contributed by atoms with van der Waals surface area (Å²) in [4.78, 5) is 9.60. The molecule has 2 aliphatic rings. The number of aliphatic hydroxyl groups is 2. The van der Waals surface area contributed by atoms with Gasteiger partial charge in [-0.05, 0) is 67.8 Å². The average Bonchev–Trinajstić information content (AvgIpc) is 3.32. The van der Waals surface area contributed by atoms with Crippen molar-refractivity contribution in [3.8, 4) is 17.0 Å². The molecule has 1 saturated carbocycles. The van der Waals surface area contributed by atoms with E-state index in [-0.39, 0.29) is 25.2 Å². The van der Waals surface area contributed by atoms with Gasteiger partial charge in [-0.1, -0.05) is 0 Å². The van der Waals surface area contributed by atoms with Crippen LogP contribution in [0.2, 0.25) is 0 Å². The fourth-order valence-electron chi connectivity index (χ4n) is 5.55. The lowest BCUT2D eigenvalue weighted by Crippen LogP contribution is -2.49. The predicted molar refractivity (Wildman–Crippen MR) is 132 cm³/mol. The van der Waals surface area contributed by atoms with E-state index >= 15 is 0 Å². The van der Waals surface area contributed by atoms with E-state index in [9.17, 15) is 10.2 Å². The molecule has 0 radical (unpaired) electrons. The molecule has 0 unspecified atom stereocenters. The van der Waals surface area contributed by atoms with E-state index in [0.29, 0.717) is 31.9 Å². The van der Waals surface area contributed by atoms with Crippen LogP contribution in [0, 0.1) is 12.3 Å². The third-order valence-electron chi connectivity index (χ3n) is 7.62. The van der Waals surface area contributed by atoms with Crippen molar-refractivity contribution in [2.75, 3.05) is 26.4 Å². The molecule has 2 fully saturated rings. The Labute approximate surface area is 203 Å². The van der Waals surface area contributed by atoms with Gasteiger partial charge in [0, 0.05) is 52.8 Å². The minimum atomic E-state index is -0.463. The van der Waals surface area contributed by atoms with Gasteiger partial charge in [0.25, 0.3) is 0 Å². The Hall–Kier alpha value is -3.07. The minimum absolute atomic E-state index is 0.0417. The van der Waals surface area contributed by atoms with Gasteiger partial charge in [0.2, 0.25) is 5.88 Å². The maximum Gasteiger partial charge on any atom is 0.221 e. The second-order valence-corrected chi connectivity index (χ2v) is 10.1. The number of nitrogens with one attached hydrogen (secondary N) is 1. The topological polar surface area (TPSA) is 113 Å². The van der Waals surface area contributed by atoms with Crippen LogP contribution in [0.5, 0.6) is 5.88 Å². The number of aryl methyl sites for hydroxylation is 1. The second kappa shape index (κ2) is 8.86. The van der Waals surface area contributed by atoms with Gasteiger partial charge in [-0.25, -0.2) is 4.98 Å². The Morgan fingerprint density at radius 2 is 1.91 bits per heavy atom. The third-order valence-corrected chi connectivity index (χ3v) is 7.62. The van der Waals surface area contributed by atoms with Crippen LogP contribution in [0.15, 0.2) is 36.7 Å². The third kappa shape index (κ3) is 3.95. The molecule has 1 aliphatic heterocycles. The van der Waals surface area contributed by atoms with Gasteiger partial charge < -0.3 is 19.7 Å². The van der Waals surface area contributed by atoms with Crippen molar-refractivity contribution >= 4 is 21.7 Å². The fourth-order valence-corrected chi connectivity index (χ4v) is 5.55. The van der Waals surface area contributed by atoms with Gasteiger partial charge in [0.1, 0.15) is 6.10 Å². The molecule has 3 N–H and O–H groups in total. The van der Waals surface area contributed by atoms with Crippen molar-refractivity contribution in [1.82, 2.24) is 20.2 Å². The molecule has 35 heavy (non-hydrogen) atoms.